The van der Waals surface area contributed by atoms with Gasteiger partial charge in [-0.3, -0.25) is 14.3 Å². The van der Waals surface area contributed by atoms with E-state index in [9.17, 15) is 13.6 Å². The maximum absolute atomic E-state index is 14.2. The quantitative estimate of drug-likeness (QED) is 0.309. The second-order valence-electron chi connectivity index (χ2n) is 11.9. The standard InChI is InChI=1S/C32H43F2N7O4/c1-2-24(6-5-9-29(42)39-12-10-23(11-13-39)38-14-18-43-19-15-38)45-28-22-27(36-32(37-28)40-16-20-44-21-17-40)41-26-8-4-3-7-25(26)35-31(41)30(33)34/h3-4,7-8,22-24,30H,2,5-6,9-21H2,1H3/t24-/m1/s1. The van der Waals surface area contributed by atoms with E-state index in [1.165, 1.54) is 4.57 Å². The van der Waals surface area contributed by atoms with E-state index in [1.807, 2.05) is 16.7 Å². The van der Waals surface area contributed by atoms with Crippen LogP contribution in [0.25, 0.3) is 16.9 Å². The lowest BCUT2D eigenvalue weighted by Crippen LogP contribution is -2.50. The molecular weight excluding hydrogens is 584 g/mol. The Morgan fingerprint density at radius 3 is 2.40 bits per heavy atom. The molecular formula is C32H43F2N7O4. The van der Waals surface area contributed by atoms with Gasteiger partial charge in [-0.15, -0.1) is 0 Å². The number of carbonyl (C=O) groups excluding carboxylic acids is 1. The molecule has 11 nitrogen and oxygen atoms in total. The van der Waals surface area contributed by atoms with Gasteiger partial charge < -0.3 is 24.0 Å². The van der Waals surface area contributed by atoms with Gasteiger partial charge in [0.05, 0.1) is 37.5 Å². The number of amides is 1. The van der Waals surface area contributed by atoms with Crippen LogP contribution in [0.15, 0.2) is 30.3 Å². The number of anilines is 1. The normalized spacial score (nSPS) is 19.4. The van der Waals surface area contributed by atoms with Gasteiger partial charge in [-0.25, -0.2) is 13.8 Å². The van der Waals surface area contributed by atoms with Crippen molar-refractivity contribution in [2.75, 3.05) is 70.6 Å². The van der Waals surface area contributed by atoms with E-state index in [1.54, 1.807) is 30.3 Å². The second kappa shape index (κ2) is 14.8. The highest BCUT2D eigenvalue weighted by molar-refractivity contribution is 5.78. The predicted octanol–water partition coefficient (Wildman–Crippen LogP) is 4.24. The molecule has 0 aliphatic carbocycles. The van der Waals surface area contributed by atoms with Crippen molar-refractivity contribution in [1.29, 1.82) is 0 Å². The number of piperidine rings is 1. The van der Waals surface area contributed by atoms with Gasteiger partial charge in [0.1, 0.15) is 11.9 Å². The Morgan fingerprint density at radius 1 is 0.978 bits per heavy atom. The monoisotopic (exact) mass is 627 g/mol. The first-order chi connectivity index (χ1) is 22.0. The fourth-order valence-corrected chi connectivity index (χ4v) is 6.49. The van der Waals surface area contributed by atoms with Crippen molar-refractivity contribution in [2.24, 2.45) is 0 Å². The number of para-hydroxylation sites is 2. The lowest BCUT2D eigenvalue weighted by atomic mass is 10.0. The lowest BCUT2D eigenvalue weighted by Gasteiger charge is -2.40. The third-order valence-electron chi connectivity index (χ3n) is 9.02. The van der Waals surface area contributed by atoms with E-state index in [0.717, 1.165) is 52.2 Å². The molecule has 13 heteroatoms. The second-order valence-corrected chi connectivity index (χ2v) is 11.9. The molecule has 45 heavy (non-hydrogen) atoms. The van der Waals surface area contributed by atoms with E-state index in [-0.39, 0.29) is 23.7 Å². The number of likely N-dealkylation sites (tertiary alicyclic amines) is 1. The number of carbonyl (C=O) groups is 1. The summed E-state index contributed by atoms with van der Waals surface area (Å²) in [6.45, 7) is 9.38. The van der Waals surface area contributed by atoms with Gasteiger partial charge in [0.15, 0.2) is 5.82 Å². The predicted molar refractivity (Wildman–Crippen MR) is 165 cm³/mol. The first kappa shape index (κ1) is 31.6. The number of halogens is 2. The van der Waals surface area contributed by atoms with Crippen molar-refractivity contribution in [3.05, 3.63) is 36.2 Å². The van der Waals surface area contributed by atoms with E-state index < -0.39 is 6.43 Å². The van der Waals surface area contributed by atoms with Crippen LogP contribution in [-0.2, 0) is 14.3 Å². The zero-order chi connectivity index (χ0) is 31.2. The Balaban J connectivity index is 1.13. The summed E-state index contributed by atoms with van der Waals surface area (Å²) in [6.07, 6.45) is 1.57. The van der Waals surface area contributed by atoms with Crippen LogP contribution in [0, 0.1) is 0 Å². The Hall–Kier alpha value is -3.42. The average molecular weight is 628 g/mol. The molecule has 0 radical (unpaired) electrons. The highest BCUT2D eigenvalue weighted by atomic mass is 19.3. The molecule has 3 aliphatic rings. The zero-order valence-electron chi connectivity index (χ0n) is 26.0. The molecule has 3 saturated heterocycles. The summed E-state index contributed by atoms with van der Waals surface area (Å²) in [7, 11) is 0. The summed E-state index contributed by atoms with van der Waals surface area (Å²) >= 11 is 0. The fourth-order valence-electron chi connectivity index (χ4n) is 6.49. The van der Waals surface area contributed by atoms with Gasteiger partial charge in [0, 0.05) is 57.8 Å². The van der Waals surface area contributed by atoms with Crippen molar-refractivity contribution in [3.63, 3.8) is 0 Å². The minimum absolute atomic E-state index is 0.190. The molecule has 0 saturated carbocycles. The van der Waals surface area contributed by atoms with Crippen molar-refractivity contribution < 1.29 is 27.8 Å². The Kier molecular flexibility index (Phi) is 10.4. The first-order valence-electron chi connectivity index (χ1n) is 16.2. The van der Waals surface area contributed by atoms with Crippen molar-refractivity contribution in [2.45, 2.75) is 64.0 Å². The molecule has 1 amide bonds. The van der Waals surface area contributed by atoms with Crippen molar-refractivity contribution >= 4 is 22.9 Å². The SMILES string of the molecule is CC[C@H](CCCC(=O)N1CCC(N2CCOCC2)CC1)Oc1cc(-n2c(C(F)F)nc3ccccc32)nc(N2CCOCC2)n1. The van der Waals surface area contributed by atoms with Gasteiger partial charge in [0.25, 0.3) is 6.43 Å². The third kappa shape index (κ3) is 7.53. The van der Waals surface area contributed by atoms with Crippen LogP contribution >= 0.6 is 0 Å². The number of alkyl halides is 2. The van der Waals surface area contributed by atoms with Crippen LogP contribution in [0.1, 0.15) is 57.7 Å². The molecule has 0 spiro atoms. The van der Waals surface area contributed by atoms with Gasteiger partial charge >= 0.3 is 0 Å². The minimum Gasteiger partial charge on any atom is -0.474 e. The third-order valence-corrected chi connectivity index (χ3v) is 9.02. The number of hydrogen-bond donors (Lipinski definition) is 0. The minimum atomic E-state index is -2.80. The molecule has 3 fully saturated rings. The van der Waals surface area contributed by atoms with Crippen LogP contribution in [0.5, 0.6) is 5.88 Å². The van der Waals surface area contributed by atoms with Crippen LogP contribution in [0.4, 0.5) is 14.7 Å². The van der Waals surface area contributed by atoms with Crippen LogP contribution in [0.3, 0.4) is 0 Å². The summed E-state index contributed by atoms with van der Waals surface area (Å²) in [6, 6.07) is 9.16. The lowest BCUT2D eigenvalue weighted by molar-refractivity contribution is -0.133. The Labute approximate surface area is 262 Å². The van der Waals surface area contributed by atoms with Crippen LogP contribution in [-0.4, -0.2) is 113 Å². The highest BCUT2D eigenvalue weighted by Crippen LogP contribution is 2.30. The van der Waals surface area contributed by atoms with Crippen LogP contribution < -0.4 is 9.64 Å². The molecule has 3 aliphatic heterocycles. The molecule has 0 N–H and O–H groups in total. The molecule has 3 aromatic rings. The fraction of sp³-hybridized carbons (Fsp3) is 0.625. The number of ether oxygens (including phenoxy) is 3. The summed E-state index contributed by atoms with van der Waals surface area (Å²) < 4.78 is 47.1. The first-order valence-corrected chi connectivity index (χ1v) is 16.2. The number of imidazole rings is 1. The maximum Gasteiger partial charge on any atom is 0.296 e. The summed E-state index contributed by atoms with van der Waals surface area (Å²) in [5.41, 5.74) is 0.994. The zero-order valence-corrected chi connectivity index (χ0v) is 26.0. The number of fused-ring (bicyclic) bond motifs is 1. The smallest absolute Gasteiger partial charge is 0.296 e. The van der Waals surface area contributed by atoms with Gasteiger partial charge in [-0.2, -0.15) is 9.97 Å². The van der Waals surface area contributed by atoms with E-state index in [2.05, 4.69) is 9.88 Å². The molecule has 6 rings (SSSR count). The Morgan fingerprint density at radius 2 is 1.69 bits per heavy atom. The summed E-state index contributed by atoms with van der Waals surface area (Å²) in [5, 5.41) is 0. The van der Waals surface area contributed by atoms with Crippen molar-refractivity contribution in [3.8, 4) is 11.7 Å². The van der Waals surface area contributed by atoms with Crippen molar-refractivity contribution in [1.82, 2.24) is 29.3 Å². The number of nitrogens with zero attached hydrogens (tertiary/aromatic N) is 7. The Bertz CT molecular complexity index is 1420. The largest absolute Gasteiger partial charge is 0.474 e. The van der Waals surface area contributed by atoms with Crippen LogP contribution in [0.2, 0.25) is 0 Å². The summed E-state index contributed by atoms with van der Waals surface area (Å²) in [5.74, 6) is 0.789. The van der Waals surface area contributed by atoms with E-state index in [0.29, 0.717) is 80.9 Å². The van der Waals surface area contributed by atoms with Gasteiger partial charge in [0.2, 0.25) is 17.7 Å². The average Bonchev–Trinajstić information content (AvgIpc) is 3.49. The van der Waals surface area contributed by atoms with E-state index >= 15 is 0 Å². The molecule has 0 unspecified atom stereocenters. The molecule has 5 heterocycles. The number of benzene rings is 1. The number of aromatic nitrogens is 4. The summed E-state index contributed by atoms with van der Waals surface area (Å²) in [4.78, 5) is 33.1. The van der Waals surface area contributed by atoms with Gasteiger partial charge in [-0.05, 0) is 44.2 Å². The molecule has 1 aromatic carbocycles. The number of rotatable bonds is 11. The number of morpholine rings is 2. The van der Waals surface area contributed by atoms with E-state index in [4.69, 9.17) is 24.2 Å². The van der Waals surface area contributed by atoms with Gasteiger partial charge in [-0.1, -0.05) is 19.1 Å². The molecule has 1 atom stereocenters. The molecule has 244 valence electrons. The molecule has 2 aromatic heterocycles. The number of hydrogen-bond acceptors (Lipinski definition) is 9. The highest BCUT2D eigenvalue weighted by Gasteiger charge is 2.28. The maximum atomic E-state index is 14.2. The molecule has 0 bridgehead atoms. The topological polar surface area (TPSA) is 98.1 Å².